The van der Waals surface area contributed by atoms with E-state index in [1.165, 1.54) is 0 Å². The van der Waals surface area contributed by atoms with Crippen molar-refractivity contribution in [3.8, 4) is 0 Å². The fourth-order valence-electron chi connectivity index (χ4n) is 2.50. The molecule has 1 heterocycles. The highest BCUT2D eigenvalue weighted by Crippen LogP contribution is 2.18. The van der Waals surface area contributed by atoms with Crippen LogP contribution in [0.15, 0.2) is 23.0 Å². The summed E-state index contributed by atoms with van der Waals surface area (Å²) >= 11 is 0. The van der Waals surface area contributed by atoms with Crippen molar-refractivity contribution in [1.82, 2.24) is 10.3 Å². The van der Waals surface area contributed by atoms with Gasteiger partial charge in [-0.1, -0.05) is 13.0 Å². The molecule has 0 unspecified atom stereocenters. The molecule has 2 rings (SSSR count). The molecule has 0 aliphatic rings. The molecule has 1 aromatic carbocycles. The zero-order valence-corrected chi connectivity index (χ0v) is 12.9. The van der Waals surface area contributed by atoms with Gasteiger partial charge in [-0.25, -0.2) is 0 Å². The summed E-state index contributed by atoms with van der Waals surface area (Å²) in [6, 6.07) is 5.98. The average Bonchev–Trinajstić information content (AvgIpc) is 2.43. The van der Waals surface area contributed by atoms with Gasteiger partial charge in [0.15, 0.2) is 0 Å². The molecular formula is C17H22N2O2. The summed E-state index contributed by atoms with van der Waals surface area (Å²) < 4.78 is 0. The summed E-state index contributed by atoms with van der Waals surface area (Å²) in [5, 5.41) is 3.87. The molecule has 21 heavy (non-hydrogen) atoms. The summed E-state index contributed by atoms with van der Waals surface area (Å²) in [6.07, 6.45) is 1.73. The standard InChI is InChI=1S/C17H22N2O2/c1-4-7-18-16(20)6-5-13-10-14-12(3)8-11(2)9-15(14)19-17(13)21/h8-10H,4-7H2,1-3H3,(H,18,20)(H,19,21). The molecule has 0 spiro atoms. The molecule has 0 bridgehead atoms. The highest BCUT2D eigenvalue weighted by atomic mass is 16.1. The molecular weight excluding hydrogens is 264 g/mol. The SMILES string of the molecule is CCCNC(=O)CCc1cc2c(C)cc(C)cc2[nH]c1=O. The van der Waals surface area contributed by atoms with Crippen LogP contribution in [0.3, 0.4) is 0 Å². The van der Waals surface area contributed by atoms with Gasteiger partial charge in [0.25, 0.3) is 5.56 Å². The fraction of sp³-hybridized carbons (Fsp3) is 0.412. The van der Waals surface area contributed by atoms with E-state index in [1.54, 1.807) is 0 Å². The minimum atomic E-state index is -0.101. The van der Waals surface area contributed by atoms with Crippen LogP contribution in [0.2, 0.25) is 0 Å². The van der Waals surface area contributed by atoms with E-state index in [1.807, 2.05) is 32.9 Å². The van der Waals surface area contributed by atoms with Crippen molar-refractivity contribution in [2.24, 2.45) is 0 Å². The highest BCUT2D eigenvalue weighted by Gasteiger charge is 2.08. The third-order valence-electron chi connectivity index (χ3n) is 3.58. The van der Waals surface area contributed by atoms with E-state index in [2.05, 4.69) is 16.4 Å². The van der Waals surface area contributed by atoms with Crippen LogP contribution in [0.4, 0.5) is 0 Å². The number of amides is 1. The van der Waals surface area contributed by atoms with Crippen molar-refractivity contribution < 1.29 is 4.79 Å². The molecule has 0 radical (unpaired) electrons. The van der Waals surface area contributed by atoms with E-state index < -0.39 is 0 Å². The predicted octanol–water partition coefficient (Wildman–Crippen LogP) is 2.60. The number of H-pyrrole nitrogens is 1. The highest BCUT2D eigenvalue weighted by molar-refractivity contribution is 5.83. The first-order chi connectivity index (χ1) is 10.0. The molecule has 1 aromatic heterocycles. The van der Waals surface area contributed by atoms with Gasteiger partial charge in [0.2, 0.25) is 5.91 Å². The Morgan fingerprint density at radius 3 is 2.71 bits per heavy atom. The Morgan fingerprint density at radius 1 is 1.24 bits per heavy atom. The number of hydrogen-bond acceptors (Lipinski definition) is 2. The van der Waals surface area contributed by atoms with Crippen molar-refractivity contribution in [2.45, 2.75) is 40.0 Å². The van der Waals surface area contributed by atoms with Crippen LogP contribution in [0.5, 0.6) is 0 Å². The van der Waals surface area contributed by atoms with Gasteiger partial charge in [-0.15, -0.1) is 0 Å². The quantitative estimate of drug-likeness (QED) is 0.887. The van der Waals surface area contributed by atoms with Crippen molar-refractivity contribution in [2.75, 3.05) is 6.54 Å². The zero-order chi connectivity index (χ0) is 15.4. The molecule has 0 saturated heterocycles. The normalized spacial score (nSPS) is 10.8. The monoisotopic (exact) mass is 286 g/mol. The van der Waals surface area contributed by atoms with Crippen LogP contribution in [-0.2, 0) is 11.2 Å². The lowest BCUT2D eigenvalue weighted by Crippen LogP contribution is -2.25. The lowest BCUT2D eigenvalue weighted by atomic mass is 10.0. The van der Waals surface area contributed by atoms with Gasteiger partial charge in [0.1, 0.15) is 0 Å². The lowest BCUT2D eigenvalue weighted by Gasteiger charge is -2.07. The maximum atomic E-state index is 12.1. The molecule has 0 fully saturated rings. The first-order valence-electron chi connectivity index (χ1n) is 7.41. The molecule has 4 heteroatoms. The van der Waals surface area contributed by atoms with Crippen LogP contribution in [0, 0.1) is 13.8 Å². The van der Waals surface area contributed by atoms with Gasteiger partial charge in [0, 0.05) is 29.4 Å². The minimum absolute atomic E-state index is 0.00280. The number of carbonyl (C=O) groups is 1. The second-order valence-electron chi connectivity index (χ2n) is 5.52. The molecule has 1 amide bonds. The van der Waals surface area contributed by atoms with E-state index in [9.17, 15) is 9.59 Å². The van der Waals surface area contributed by atoms with Crippen molar-refractivity contribution in [1.29, 1.82) is 0 Å². The van der Waals surface area contributed by atoms with Gasteiger partial charge < -0.3 is 10.3 Å². The third kappa shape index (κ3) is 3.72. The number of carbonyl (C=O) groups excluding carboxylic acids is 1. The topological polar surface area (TPSA) is 62.0 Å². The van der Waals surface area contributed by atoms with Crippen LogP contribution in [0.25, 0.3) is 10.9 Å². The molecule has 0 aliphatic carbocycles. The molecule has 4 nitrogen and oxygen atoms in total. The van der Waals surface area contributed by atoms with Crippen molar-refractivity contribution >= 4 is 16.8 Å². The first-order valence-corrected chi connectivity index (χ1v) is 7.41. The van der Waals surface area contributed by atoms with Crippen LogP contribution in [-0.4, -0.2) is 17.4 Å². The van der Waals surface area contributed by atoms with Crippen LogP contribution in [0.1, 0.15) is 36.5 Å². The maximum Gasteiger partial charge on any atom is 0.251 e. The van der Waals surface area contributed by atoms with E-state index in [-0.39, 0.29) is 11.5 Å². The molecule has 0 atom stereocenters. The molecule has 0 saturated carbocycles. The average molecular weight is 286 g/mol. The second kappa shape index (κ2) is 6.57. The molecule has 2 N–H and O–H groups in total. The fourth-order valence-corrected chi connectivity index (χ4v) is 2.50. The third-order valence-corrected chi connectivity index (χ3v) is 3.58. The van der Waals surface area contributed by atoms with E-state index in [4.69, 9.17) is 0 Å². The maximum absolute atomic E-state index is 12.1. The Labute approximate surface area is 124 Å². The Morgan fingerprint density at radius 2 is 2.00 bits per heavy atom. The number of fused-ring (bicyclic) bond motifs is 1. The van der Waals surface area contributed by atoms with Gasteiger partial charge in [0.05, 0.1) is 0 Å². The molecule has 112 valence electrons. The van der Waals surface area contributed by atoms with E-state index in [0.29, 0.717) is 24.9 Å². The van der Waals surface area contributed by atoms with Gasteiger partial charge in [-0.3, -0.25) is 9.59 Å². The second-order valence-corrected chi connectivity index (χ2v) is 5.52. The van der Waals surface area contributed by atoms with Gasteiger partial charge >= 0.3 is 0 Å². The number of pyridine rings is 1. The number of aromatic nitrogens is 1. The summed E-state index contributed by atoms with van der Waals surface area (Å²) in [5.41, 5.74) is 3.69. The summed E-state index contributed by atoms with van der Waals surface area (Å²) in [5.74, 6) is -0.00280. The lowest BCUT2D eigenvalue weighted by molar-refractivity contribution is -0.121. The van der Waals surface area contributed by atoms with Crippen molar-refractivity contribution in [3.05, 3.63) is 45.2 Å². The number of aromatic amines is 1. The van der Waals surface area contributed by atoms with Crippen molar-refractivity contribution in [3.63, 3.8) is 0 Å². The Kier molecular flexibility index (Phi) is 4.78. The molecule has 2 aromatic rings. The summed E-state index contributed by atoms with van der Waals surface area (Å²) in [6.45, 7) is 6.74. The number of benzene rings is 1. The van der Waals surface area contributed by atoms with Crippen LogP contribution >= 0.6 is 0 Å². The first kappa shape index (κ1) is 15.3. The van der Waals surface area contributed by atoms with E-state index in [0.717, 1.165) is 28.5 Å². The Balaban J connectivity index is 2.23. The van der Waals surface area contributed by atoms with E-state index >= 15 is 0 Å². The smallest absolute Gasteiger partial charge is 0.251 e. The number of hydrogen-bond donors (Lipinski definition) is 2. The number of aryl methyl sites for hydroxylation is 3. The van der Waals surface area contributed by atoms with Crippen LogP contribution < -0.4 is 10.9 Å². The summed E-state index contributed by atoms with van der Waals surface area (Å²) in [4.78, 5) is 26.7. The van der Waals surface area contributed by atoms with Gasteiger partial charge in [-0.05, 0) is 49.9 Å². The largest absolute Gasteiger partial charge is 0.356 e. The zero-order valence-electron chi connectivity index (χ0n) is 12.9. The predicted molar refractivity (Wildman–Crippen MR) is 85.7 cm³/mol. The molecule has 0 aliphatic heterocycles. The Bertz CT molecular complexity index is 717. The number of rotatable bonds is 5. The minimum Gasteiger partial charge on any atom is -0.356 e. The van der Waals surface area contributed by atoms with Gasteiger partial charge in [-0.2, -0.15) is 0 Å². The summed E-state index contributed by atoms with van der Waals surface area (Å²) in [7, 11) is 0. The number of nitrogens with one attached hydrogen (secondary N) is 2. The Hall–Kier alpha value is -2.10.